The quantitative estimate of drug-likeness (QED) is 0.672. The number of carboxylic acids is 1. The largest absolute Gasteiger partial charge is 0.478 e. The van der Waals surface area contributed by atoms with Crippen LogP contribution < -0.4 is 5.73 Å². The minimum Gasteiger partial charge on any atom is -0.478 e. The van der Waals surface area contributed by atoms with Gasteiger partial charge in [0, 0.05) is 11.1 Å². The van der Waals surface area contributed by atoms with Crippen LogP contribution in [0.1, 0.15) is 10.4 Å². The van der Waals surface area contributed by atoms with Crippen LogP contribution in [0.3, 0.4) is 0 Å². The first-order chi connectivity index (χ1) is 6.70. The fourth-order valence-corrected chi connectivity index (χ4v) is 1.52. The van der Waals surface area contributed by atoms with E-state index >= 15 is 0 Å². The van der Waals surface area contributed by atoms with E-state index in [0.29, 0.717) is 11.1 Å². The van der Waals surface area contributed by atoms with Crippen LogP contribution in [0, 0.1) is 0 Å². The molecule has 0 spiro atoms. The molecule has 3 heteroatoms. The molecule has 0 amide bonds. The lowest BCUT2D eigenvalue weighted by Gasteiger charge is -2.04. The molecule has 14 heavy (non-hydrogen) atoms. The first-order valence-electron chi connectivity index (χ1n) is 4.20. The van der Waals surface area contributed by atoms with Gasteiger partial charge in [0.2, 0.25) is 0 Å². The van der Waals surface area contributed by atoms with Crippen LogP contribution >= 0.6 is 0 Å². The second-order valence-electron chi connectivity index (χ2n) is 3.05. The zero-order valence-electron chi connectivity index (χ0n) is 7.40. The molecule has 2 aromatic carbocycles. The number of aromatic carboxylic acids is 1. The summed E-state index contributed by atoms with van der Waals surface area (Å²) in [5.41, 5.74) is 6.62. The maximum atomic E-state index is 10.9. The van der Waals surface area contributed by atoms with Crippen LogP contribution in [-0.4, -0.2) is 11.1 Å². The number of hydrogen-bond acceptors (Lipinski definition) is 2. The Morgan fingerprint density at radius 2 is 1.71 bits per heavy atom. The Bertz CT molecular complexity index is 506. The highest BCUT2D eigenvalue weighted by molar-refractivity contribution is 6.06. The minimum absolute atomic E-state index is 0.287. The Balaban J connectivity index is 2.88. The number of rotatable bonds is 1. The lowest BCUT2D eigenvalue weighted by atomic mass is 10.0. The summed E-state index contributed by atoms with van der Waals surface area (Å²) in [4.78, 5) is 10.9. The van der Waals surface area contributed by atoms with Gasteiger partial charge in [-0.2, -0.15) is 0 Å². The lowest BCUT2D eigenvalue weighted by molar-refractivity contribution is 0.0699. The van der Waals surface area contributed by atoms with E-state index in [0.717, 1.165) is 5.39 Å². The predicted molar refractivity (Wildman–Crippen MR) is 55.3 cm³/mol. The lowest BCUT2D eigenvalue weighted by Crippen LogP contribution is -1.98. The van der Waals surface area contributed by atoms with Crippen LogP contribution in [0.15, 0.2) is 36.4 Å². The van der Waals surface area contributed by atoms with Crippen LogP contribution in [0.4, 0.5) is 5.69 Å². The molecule has 70 valence electrons. The standard InChI is InChI=1S/C11H9NO2/c12-10-6-2-3-7-8(10)4-1-5-9(7)11(13)14/h1-6H,12H2,(H,13,14). The molecule has 2 aromatic rings. The number of carbonyl (C=O) groups is 1. The third-order valence-corrected chi connectivity index (χ3v) is 2.19. The van der Waals surface area contributed by atoms with Gasteiger partial charge in [-0.05, 0) is 17.5 Å². The molecule has 0 saturated carbocycles. The molecule has 0 bridgehead atoms. The zero-order chi connectivity index (χ0) is 10.1. The van der Waals surface area contributed by atoms with Crippen molar-refractivity contribution in [3.05, 3.63) is 42.0 Å². The SMILES string of the molecule is Nc1cccc2c(C(=O)O)cccc12. The summed E-state index contributed by atoms with van der Waals surface area (Å²) in [6.07, 6.45) is 0. The predicted octanol–water partition coefficient (Wildman–Crippen LogP) is 2.12. The number of hydrogen-bond donors (Lipinski definition) is 2. The second-order valence-corrected chi connectivity index (χ2v) is 3.05. The number of nitrogen functional groups attached to an aromatic ring is 1. The molecule has 0 atom stereocenters. The van der Waals surface area contributed by atoms with Crippen molar-refractivity contribution in [3.8, 4) is 0 Å². The first kappa shape index (κ1) is 8.56. The highest BCUT2D eigenvalue weighted by Gasteiger charge is 2.08. The maximum Gasteiger partial charge on any atom is 0.336 e. The highest BCUT2D eigenvalue weighted by atomic mass is 16.4. The molecule has 3 nitrogen and oxygen atoms in total. The van der Waals surface area contributed by atoms with Gasteiger partial charge >= 0.3 is 5.97 Å². The van der Waals surface area contributed by atoms with Crippen molar-refractivity contribution in [3.63, 3.8) is 0 Å². The van der Waals surface area contributed by atoms with Gasteiger partial charge in [0.15, 0.2) is 0 Å². The molecule has 0 aliphatic heterocycles. The van der Waals surface area contributed by atoms with Gasteiger partial charge in [0.1, 0.15) is 0 Å². The Morgan fingerprint density at radius 3 is 2.43 bits per heavy atom. The van der Waals surface area contributed by atoms with Crippen molar-refractivity contribution < 1.29 is 9.90 Å². The molecule has 0 saturated heterocycles. The Morgan fingerprint density at radius 1 is 1.07 bits per heavy atom. The van der Waals surface area contributed by atoms with Gasteiger partial charge in [-0.15, -0.1) is 0 Å². The normalized spacial score (nSPS) is 10.3. The third kappa shape index (κ3) is 1.19. The van der Waals surface area contributed by atoms with Crippen LogP contribution in [0.25, 0.3) is 10.8 Å². The molecule has 0 aromatic heterocycles. The Hall–Kier alpha value is -2.03. The first-order valence-corrected chi connectivity index (χ1v) is 4.20. The summed E-state index contributed by atoms with van der Waals surface area (Å²) in [5, 5.41) is 10.4. The fourth-order valence-electron chi connectivity index (χ4n) is 1.52. The summed E-state index contributed by atoms with van der Waals surface area (Å²) >= 11 is 0. The van der Waals surface area contributed by atoms with E-state index in [1.807, 2.05) is 6.07 Å². The van der Waals surface area contributed by atoms with E-state index < -0.39 is 5.97 Å². The maximum absolute atomic E-state index is 10.9. The number of benzene rings is 2. The highest BCUT2D eigenvalue weighted by Crippen LogP contribution is 2.23. The van der Waals surface area contributed by atoms with Crippen molar-refractivity contribution in [1.82, 2.24) is 0 Å². The molecular formula is C11H9NO2. The number of fused-ring (bicyclic) bond motifs is 1. The number of nitrogens with two attached hydrogens (primary N) is 1. The molecule has 0 aliphatic rings. The van der Waals surface area contributed by atoms with Gasteiger partial charge in [0.05, 0.1) is 5.56 Å². The summed E-state index contributed by atoms with van der Waals surface area (Å²) in [5.74, 6) is -0.929. The van der Waals surface area contributed by atoms with Crippen molar-refractivity contribution >= 4 is 22.4 Å². The summed E-state index contributed by atoms with van der Waals surface area (Å²) in [6, 6.07) is 10.4. The Labute approximate surface area is 80.8 Å². The van der Waals surface area contributed by atoms with Crippen LogP contribution in [0.2, 0.25) is 0 Å². The molecular weight excluding hydrogens is 178 g/mol. The second kappa shape index (κ2) is 3.03. The van der Waals surface area contributed by atoms with Crippen molar-refractivity contribution in [2.45, 2.75) is 0 Å². The fraction of sp³-hybridized carbons (Fsp3) is 0. The molecule has 0 unspecified atom stereocenters. The molecule has 0 aliphatic carbocycles. The van der Waals surface area contributed by atoms with Crippen LogP contribution in [0.5, 0.6) is 0 Å². The van der Waals surface area contributed by atoms with Gasteiger partial charge in [-0.3, -0.25) is 0 Å². The van der Waals surface area contributed by atoms with E-state index in [2.05, 4.69) is 0 Å². The van der Waals surface area contributed by atoms with Gasteiger partial charge in [-0.25, -0.2) is 4.79 Å². The topological polar surface area (TPSA) is 63.3 Å². The van der Waals surface area contributed by atoms with E-state index in [4.69, 9.17) is 10.8 Å². The average molecular weight is 187 g/mol. The molecule has 0 heterocycles. The molecule has 0 radical (unpaired) electrons. The number of anilines is 1. The zero-order valence-corrected chi connectivity index (χ0v) is 7.40. The van der Waals surface area contributed by atoms with E-state index in [9.17, 15) is 4.79 Å². The average Bonchev–Trinajstić information content (AvgIpc) is 2.17. The van der Waals surface area contributed by atoms with Crippen molar-refractivity contribution in [2.24, 2.45) is 0 Å². The molecule has 3 N–H and O–H groups in total. The third-order valence-electron chi connectivity index (χ3n) is 2.19. The molecule has 0 fully saturated rings. The summed E-state index contributed by atoms with van der Waals surface area (Å²) in [7, 11) is 0. The van der Waals surface area contributed by atoms with E-state index in [-0.39, 0.29) is 5.56 Å². The smallest absolute Gasteiger partial charge is 0.336 e. The van der Waals surface area contributed by atoms with Crippen LogP contribution in [-0.2, 0) is 0 Å². The summed E-state index contributed by atoms with van der Waals surface area (Å²) < 4.78 is 0. The van der Waals surface area contributed by atoms with Gasteiger partial charge in [-0.1, -0.05) is 24.3 Å². The van der Waals surface area contributed by atoms with Gasteiger partial charge < -0.3 is 10.8 Å². The Kier molecular flexibility index (Phi) is 1.85. The van der Waals surface area contributed by atoms with Gasteiger partial charge in [0.25, 0.3) is 0 Å². The number of carboxylic acid groups (broad SMARTS) is 1. The summed E-state index contributed by atoms with van der Waals surface area (Å²) in [6.45, 7) is 0. The van der Waals surface area contributed by atoms with E-state index in [1.54, 1.807) is 30.3 Å². The minimum atomic E-state index is -0.929. The monoisotopic (exact) mass is 187 g/mol. The van der Waals surface area contributed by atoms with Crippen molar-refractivity contribution in [1.29, 1.82) is 0 Å². The molecule has 2 rings (SSSR count). The van der Waals surface area contributed by atoms with Crippen molar-refractivity contribution in [2.75, 3.05) is 5.73 Å². The van der Waals surface area contributed by atoms with E-state index in [1.165, 1.54) is 0 Å².